The van der Waals surface area contributed by atoms with Crippen LogP contribution >= 0.6 is 0 Å². The topological polar surface area (TPSA) is 84.9 Å². The molecule has 1 amide bonds. The Bertz CT molecular complexity index is 946. The lowest BCUT2D eigenvalue weighted by atomic mass is 10.1. The second-order valence-electron chi connectivity index (χ2n) is 6.87. The molecule has 0 saturated heterocycles. The molecule has 0 bridgehead atoms. The first-order chi connectivity index (χ1) is 14.3. The van der Waals surface area contributed by atoms with Gasteiger partial charge in [-0.2, -0.15) is 0 Å². The molecule has 2 rings (SSSR count). The number of anilines is 1. The quantitative estimate of drug-likeness (QED) is 0.550. The first-order valence-corrected chi connectivity index (χ1v) is 11.7. The average molecular weight is 435 g/mol. The van der Waals surface area contributed by atoms with Crippen LogP contribution in [0.4, 0.5) is 5.69 Å². The summed E-state index contributed by atoms with van der Waals surface area (Å²) in [6.07, 6.45) is 2.54. The van der Waals surface area contributed by atoms with Crippen molar-refractivity contribution in [2.45, 2.75) is 32.7 Å². The van der Waals surface area contributed by atoms with Gasteiger partial charge in [0.05, 0.1) is 25.7 Å². The number of sulfonamides is 1. The molecule has 164 valence electrons. The molecule has 0 unspecified atom stereocenters. The third-order valence-corrected chi connectivity index (χ3v) is 5.83. The van der Waals surface area contributed by atoms with E-state index in [1.807, 2.05) is 31.2 Å². The molecule has 1 N–H and O–H groups in total. The van der Waals surface area contributed by atoms with Crippen LogP contribution in [0.15, 0.2) is 48.5 Å². The minimum absolute atomic E-state index is 0.360. The normalized spacial score (nSPS) is 12.1. The zero-order chi connectivity index (χ0) is 22.1. The fourth-order valence-corrected chi connectivity index (χ4v) is 4.37. The largest absolute Gasteiger partial charge is 0.497 e. The number of benzene rings is 2. The first-order valence-electron chi connectivity index (χ1n) is 9.89. The molecule has 0 aliphatic rings. The van der Waals surface area contributed by atoms with Gasteiger partial charge in [-0.15, -0.1) is 0 Å². The van der Waals surface area contributed by atoms with Crippen LogP contribution in [-0.4, -0.2) is 46.9 Å². The van der Waals surface area contributed by atoms with Gasteiger partial charge in [0, 0.05) is 12.6 Å². The third-order valence-electron chi connectivity index (χ3n) is 4.59. The van der Waals surface area contributed by atoms with Crippen molar-refractivity contribution in [1.82, 2.24) is 5.32 Å². The van der Waals surface area contributed by atoms with Crippen molar-refractivity contribution < 1.29 is 22.7 Å². The molecule has 30 heavy (non-hydrogen) atoms. The lowest BCUT2D eigenvalue weighted by molar-refractivity contribution is -0.121. The van der Waals surface area contributed by atoms with E-state index < -0.39 is 16.1 Å². The van der Waals surface area contributed by atoms with Gasteiger partial charge in [0.2, 0.25) is 15.9 Å². The van der Waals surface area contributed by atoms with Crippen LogP contribution in [0, 0.1) is 0 Å². The minimum Gasteiger partial charge on any atom is -0.497 e. The van der Waals surface area contributed by atoms with E-state index in [2.05, 4.69) is 5.32 Å². The molecule has 0 aliphatic carbocycles. The van der Waals surface area contributed by atoms with Gasteiger partial charge < -0.3 is 14.8 Å². The maximum atomic E-state index is 12.7. The van der Waals surface area contributed by atoms with E-state index in [9.17, 15) is 13.2 Å². The standard InChI is InChI=1S/C22H30N2O5S/c1-5-29-21-14-7-6-10-18(21)11-9-15-23-22(25)17(2)24(30(4,26)27)19-12-8-13-20(16-19)28-3/h6-8,10,12-14,16-17H,5,9,11,15H2,1-4H3,(H,23,25)/t17-/m0/s1. The summed E-state index contributed by atoms with van der Waals surface area (Å²) >= 11 is 0. The lowest BCUT2D eigenvalue weighted by Gasteiger charge is -2.28. The molecular formula is C22H30N2O5S. The summed E-state index contributed by atoms with van der Waals surface area (Å²) < 4.78 is 36.7. The van der Waals surface area contributed by atoms with Crippen LogP contribution in [0.5, 0.6) is 11.5 Å². The number of hydrogen-bond acceptors (Lipinski definition) is 5. The fourth-order valence-electron chi connectivity index (χ4n) is 3.20. The number of ether oxygens (including phenoxy) is 2. The fraction of sp³-hybridized carbons (Fsp3) is 0.409. The minimum atomic E-state index is -3.67. The maximum Gasteiger partial charge on any atom is 0.243 e. The Morgan fingerprint density at radius 1 is 1.17 bits per heavy atom. The Labute approximate surface area is 179 Å². The van der Waals surface area contributed by atoms with Crippen molar-refractivity contribution in [2.24, 2.45) is 0 Å². The number of methoxy groups -OCH3 is 1. The number of hydrogen-bond donors (Lipinski definition) is 1. The highest BCUT2D eigenvalue weighted by atomic mass is 32.2. The summed E-state index contributed by atoms with van der Waals surface area (Å²) in [6.45, 7) is 4.53. The first kappa shape index (κ1) is 23.5. The van der Waals surface area contributed by atoms with Crippen LogP contribution in [0.2, 0.25) is 0 Å². The summed E-state index contributed by atoms with van der Waals surface area (Å²) in [5.41, 5.74) is 1.46. The van der Waals surface area contributed by atoms with Gasteiger partial charge in [0.1, 0.15) is 17.5 Å². The number of carbonyl (C=O) groups is 1. The van der Waals surface area contributed by atoms with E-state index in [1.54, 1.807) is 31.2 Å². The molecule has 0 fully saturated rings. The number of nitrogens with one attached hydrogen (secondary N) is 1. The number of para-hydroxylation sites is 1. The monoisotopic (exact) mass is 434 g/mol. The van der Waals surface area contributed by atoms with E-state index in [0.29, 0.717) is 31.0 Å². The molecule has 1 atom stereocenters. The van der Waals surface area contributed by atoms with Crippen molar-refractivity contribution in [3.8, 4) is 11.5 Å². The Balaban J connectivity index is 2.01. The van der Waals surface area contributed by atoms with Gasteiger partial charge in [-0.05, 0) is 50.5 Å². The molecule has 8 heteroatoms. The second-order valence-corrected chi connectivity index (χ2v) is 8.73. The molecule has 0 radical (unpaired) electrons. The van der Waals surface area contributed by atoms with Crippen LogP contribution in [0.25, 0.3) is 0 Å². The molecule has 0 saturated carbocycles. The van der Waals surface area contributed by atoms with Gasteiger partial charge in [-0.1, -0.05) is 24.3 Å². The predicted molar refractivity (Wildman–Crippen MR) is 119 cm³/mol. The van der Waals surface area contributed by atoms with Crippen molar-refractivity contribution in [3.63, 3.8) is 0 Å². The number of nitrogens with zero attached hydrogens (tertiary/aromatic N) is 1. The molecule has 0 aromatic heterocycles. The summed E-state index contributed by atoms with van der Waals surface area (Å²) in [6, 6.07) is 13.5. The highest BCUT2D eigenvalue weighted by molar-refractivity contribution is 7.92. The number of rotatable bonds is 11. The summed E-state index contributed by atoms with van der Waals surface area (Å²) in [7, 11) is -2.17. The van der Waals surface area contributed by atoms with Crippen molar-refractivity contribution in [2.75, 3.05) is 30.8 Å². The Morgan fingerprint density at radius 3 is 2.57 bits per heavy atom. The molecule has 0 aliphatic heterocycles. The van der Waals surface area contributed by atoms with E-state index in [-0.39, 0.29) is 5.91 Å². The van der Waals surface area contributed by atoms with E-state index in [1.165, 1.54) is 7.11 Å². The summed E-state index contributed by atoms with van der Waals surface area (Å²) in [5.74, 6) is 1.00. The molecule has 0 heterocycles. The number of aryl methyl sites for hydroxylation is 1. The number of amides is 1. The molecule has 2 aromatic carbocycles. The Hall–Kier alpha value is -2.74. The van der Waals surface area contributed by atoms with Gasteiger partial charge in [0.25, 0.3) is 0 Å². The van der Waals surface area contributed by atoms with Crippen LogP contribution in [0.1, 0.15) is 25.8 Å². The molecular weight excluding hydrogens is 404 g/mol. The van der Waals surface area contributed by atoms with E-state index in [4.69, 9.17) is 9.47 Å². The van der Waals surface area contributed by atoms with Gasteiger partial charge in [0.15, 0.2) is 0 Å². The van der Waals surface area contributed by atoms with Crippen molar-refractivity contribution >= 4 is 21.6 Å². The van der Waals surface area contributed by atoms with Gasteiger partial charge in [-0.25, -0.2) is 8.42 Å². The van der Waals surface area contributed by atoms with Gasteiger partial charge >= 0.3 is 0 Å². The zero-order valence-electron chi connectivity index (χ0n) is 17.9. The van der Waals surface area contributed by atoms with Crippen LogP contribution in [0.3, 0.4) is 0 Å². The van der Waals surface area contributed by atoms with E-state index >= 15 is 0 Å². The lowest BCUT2D eigenvalue weighted by Crippen LogP contribution is -2.48. The smallest absolute Gasteiger partial charge is 0.243 e. The highest BCUT2D eigenvalue weighted by Crippen LogP contribution is 2.25. The average Bonchev–Trinajstić information content (AvgIpc) is 2.71. The number of carbonyl (C=O) groups excluding carboxylic acids is 1. The maximum absolute atomic E-state index is 12.7. The Morgan fingerprint density at radius 2 is 1.90 bits per heavy atom. The van der Waals surface area contributed by atoms with Crippen LogP contribution < -0.4 is 19.1 Å². The molecule has 7 nitrogen and oxygen atoms in total. The predicted octanol–water partition coefficient (Wildman–Crippen LogP) is 3.00. The highest BCUT2D eigenvalue weighted by Gasteiger charge is 2.29. The molecule has 2 aromatic rings. The summed E-state index contributed by atoms with van der Waals surface area (Å²) in [4.78, 5) is 12.7. The van der Waals surface area contributed by atoms with Crippen LogP contribution in [-0.2, 0) is 21.2 Å². The van der Waals surface area contributed by atoms with Gasteiger partial charge in [-0.3, -0.25) is 9.10 Å². The second kappa shape index (κ2) is 10.9. The zero-order valence-corrected chi connectivity index (χ0v) is 18.7. The van der Waals surface area contributed by atoms with Crippen molar-refractivity contribution in [3.05, 3.63) is 54.1 Å². The third kappa shape index (κ3) is 6.38. The van der Waals surface area contributed by atoms with Crippen molar-refractivity contribution in [1.29, 1.82) is 0 Å². The van der Waals surface area contributed by atoms with E-state index in [0.717, 1.165) is 28.3 Å². The SMILES string of the molecule is CCOc1ccccc1CCCNC(=O)[C@H](C)N(c1cccc(OC)c1)S(C)(=O)=O. The molecule has 0 spiro atoms. The summed E-state index contributed by atoms with van der Waals surface area (Å²) in [5, 5.41) is 2.84. The Kier molecular flexibility index (Phi) is 8.53.